The largest absolute Gasteiger partial charge is 0.393 e. The molecular weight excluding hydrogens is 248 g/mol. The molecule has 4 aliphatic rings. The van der Waals surface area contributed by atoms with Gasteiger partial charge in [0.25, 0.3) is 0 Å². The summed E-state index contributed by atoms with van der Waals surface area (Å²) >= 11 is 0. The monoisotopic (exact) mass is 272 g/mol. The minimum Gasteiger partial charge on any atom is -0.393 e. The summed E-state index contributed by atoms with van der Waals surface area (Å²) in [6.07, 6.45) is 10.2. The standard InChI is InChI=1S/C18H24O2/c1-18-9-8-14-13-5-3-12(19)10-11(13)2-4-15(14)16(18)6-7-17(18)20/h10,15-17,20H,2-9H2,1H3/t15-,16+,17-,18-/m0/s1. The van der Waals surface area contributed by atoms with Crippen molar-refractivity contribution in [3.8, 4) is 0 Å². The van der Waals surface area contributed by atoms with E-state index in [9.17, 15) is 9.90 Å². The molecule has 0 aliphatic heterocycles. The number of ketones is 1. The number of hydrogen-bond acceptors (Lipinski definition) is 2. The van der Waals surface area contributed by atoms with Crippen LogP contribution in [0.4, 0.5) is 0 Å². The lowest BCUT2D eigenvalue weighted by Crippen LogP contribution is -2.42. The van der Waals surface area contributed by atoms with Crippen LogP contribution in [0, 0.1) is 17.3 Å². The Kier molecular flexibility index (Phi) is 2.76. The maximum absolute atomic E-state index is 11.6. The second-order valence-electron chi connectivity index (χ2n) is 7.49. The first-order valence-electron chi connectivity index (χ1n) is 8.23. The summed E-state index contributed by atoms with van der Waals surface area (Å²) in [5.41, 5.74) is 4.69. The van der Waals surface area contributed by atoms with Crippen molar-refractivity contribution in [2.75, 3.05) is 0 Å². The summed E-state index contributed by atoms with van der Waals surface area (Å²) in [5.74, 6) is 1.68. The van der Waals surface area contributed by atoms with E-state index < -0.39 is 0 Å². The highest BCUT2D eigenvalue weighted by Gasteiger charge is 2.53. The third kappa shape index (κ3) is 1.64. The molecule has 108 valence electrons. The summed E-state index contributed by atoms with van der Waals surface area (Å²) in [4.78, 5) is 11.6. The van der Waals surface area contributed by atoms with Crippen molar-refractivity contribution in [1.29, 1.82) is 0 Å². The zero-order chi connectivity index (χ0) is 13.9. The normalized spacial score (nSPS) is 43.8. The van der Waals surface area contributed by atoms with Crippen LogP contribution in [0.15, 0.2) is 22.8 Å². The summed E-state index contributed by atoms with van der Waals surface area (Å²) < 4.78 is 0. The van der Waals surface area contributed by atoms with Gasteiger partial charge in [-0.2, -0.15) is 0 Å². The molecule has 2 saturated carbocycles. The average Bonchev–Trinajstić information content (AvgIpc) is 2.74. The lowest BCUT2D eigenvalue weighted by atomic mass is 9.57. The number of aliphatic hydroxyl groups is 1. The first-order chi connectivity index (χ1) is 9.59. The fraction of sp³-hybridized carbons (Fsp3) is 0.722. The Bertz CT molecular complexity index is 528. The van der Waals surface area contributed by atoms with Crippen LogP contribution in [-0.4, -0.2) is 17.0 Å². The highest BCUT2D eigenvalue weighted by molar-refractivity contribution is 5.93. The Morgan fingerprint density at radius 1 is 1.15 bits per heavy atom. The van der Waals surface area contributed by atoms with E-state index in [1.807, 2.05) is 6.08 Å². The molecular formula is C18H24O2. The van der Waals surface area contributed by atoms with Gasteiger partial charge in [0.2, 0.25) is 0 Å². The first kappa shape index (κ1) is 12.8. The number of allylic oxidation sites excluding steroid dienone is 4. The topological polar surface area (TPSA) is 37.3 Å². The van der Waals surface area contributed by atoms with Gasteiger partial charge in [-0.15, -0.1) is 0 Å². The van der Waals surface area contributed by atoms with E-state index in [1.165, 1.54) is 24.0 Å². The van der Waals surface area contributed by atoms with Gasteiger partial charge >= 0.3 is 0 Å². The van der Waals surface area contributed by atoms with E-state index in [2.05, 4.69) is 6.92 Å². The zero-order valence-corrected chi connectivity index (χ0v) is 12.3. The Morgan fingerprint density at radius 2 is 2.00 bits per heavy atom. The molecule has 0 heterocycles. The number of hydrogen-bond donors (Lipinski definition) is 1. The summed E-state index contributed by atoms with van der Waals surface area (Å²) in [6.45, 7) is 2.31. The van der Waals surface area contributed by atoms with Gasteiger partial charge in [-0.05, 0) is 79.4 Å². The number of carbonyl (C=O) groups is 1. The number of rotatable bonds is 0. The van der Waals surface area contributed by atoms with Crippen LogP contribution in [0.5, 0.6) is 0 Å². The predicted molar refractivity (Wildman–Crippen MR) is 78.1 cm³/mol. The van der Waals surface area contributed by atoms with Crippen molar-refractivity contribution in [2.45, 2.75) is 64.4 Å². The van der Waals surface area contributed by atoms with Gasteiger partial charge in [-0.3, -0.25) is 4.79 Å². The van der Waals surface area contributed by atoms with Gasteiger partial charge in [-0.1, -0.05) is 12.5 Å². The zero-order valence-electron chi connectivity index (χ0n) is 12.3. The number of carbonyl (C=O) groups excluding carboxylic acids is 1. The van der Waals surface area contributed by atoms with Crippen molar-refractivity contribution in [3.63, 3.8) is 0 Å². The van der Waals surface area contributed by atoms with Crippen LogP contribution in [0.1, 0.15) is 58.3 Å². The van der Waals surface area contributed by atoms with E-state index in [1.54, 1.807) is 5.57 Å². The Balaban J connectivity index is 1.74. The van der Waals surface area contributed by atoms with Crippen molar-refractivity contribution in [2.24, 2.45) is 17.3 Å². The Morgan fingerprint density at radius 3 is 2.85 bits per heavy atom. The molecule has 0 aromatic carbocycles. The maximum atomic E-state index is 11.6. The van der Waals surface area contributed by atoms with Gasteiger partial charge in [0, 0.05) is 6.42 Å². The van der Waals surface area contributed by atoms with E-state index >= 15 is 0 Å². The van der Waals surface area contributed by atoms with E-state index in [0.29, 0.717) is 24.0 Å². The third-order valence-corrected chi connectivity index (χ3v) is 6.68. The van der Waals surface area contributed by atoms with Crippen molar-refractivity contribution in [1.82, 2.24) is 0 Å². The van der Waals surface area contributed by atoms with Crippen molar-refractivity contribution >= 4 is 5.78 Å². The third-order valence-electron chi connectivity index (χ3n) is 6.68. The molecule has 2 heteroatoms. The summed E-state index contributed by atoms with van der Waals surface area (Å²) in [6, 6.07) is 0. The molecule has 0 bridgehead atoms. The van der Waals surface area contributed by atoms with Gasteiger partial charge in [0.05, 0.1) is 6.10 Å². The smallest absolute Gasteiger partial charge is 0.156 e. The lowest BCUT2D eigenvalue weighted by Gasteiger charge is -2.48. The fourth-order valence-corrected chi connectivity index (χ4v) is 5.50. The molecule has 0 radical (unpaired) electrons. The fourth-order valence-electron chi connectivity index (χ4n) is 5.50. The molecule has 2 fully saturated rings. The highest BCUT2D eigenvalue weighted by Crippen LogP contribution is 2.59. The predicted octanol–water partition coefficient (Wildman–Crippen LogP) is 3.55. The van der Waals surface area contributed by atoms with Crippen LogP contribution in [-0.2, 0) is 4.79 Å². The molecule has 1 N–H and O–H groups in total. The molecule has 20 heavy (non-hydrogen) atoms. The second kappa shape index (κ2) is 4.30. The molecule has 4 aliphatic carbocycles. The molecule has 4 atom stereocenters. The average molecular weight is 272 g/mol. The maximum Gasteiger partial charge on any atom is 0.156 e. The van der Waals surface area contributed by atoms with Crippen molar-refractivity contribution < 1.29 is 9.90 Å². The van der Waals surface area contributed by atoms with E-state index in [4.69, 9.17) is 0 Å². The van der Waals surface area contributed by atoms with E-state index in [-0.39, 0.29) is 11.5 Å². The van der Waals surface area contributed by atoms with Gasteiger partial charge < -0.3 is 5.11 Å². The molecule has 2 nitrogen and oxygen atoms in total. The minimum absolute atomic E-state index is 0.0936. The number of aliphatic hydroxyl groups excluding tert-OH is 1. The molecule has 0 aromatic rings. The van der Waals surface area contributed by atoms with Crippen LogP contribution in [0.2, 0.25) is 0 Å². The molecule has 0 aromatic heterocycles. The molecule has 4 rings (SSSR count). The first-order valence-corrected chi connectivity index (χ1v) is 8.23. The summed E-state index contributed by atoms with van der Waals surface area (Å²) in [5, 5.41) is 10.4. The van der Waals surface area contributed by atoms with Crippen molar-refractivity contribution in [3.05, 3.63) is 22.8 Å². The number of fused-ring (bicyclic) bond motifs is 4. The van der Waals surface area contributed by atoms with Gasteiger partial charge in [0.1, 0.15) is 0 Å². The van der Waals surface area contributed by atoms with Gasteiger partial charge in [-0.25, -0.2) is 0 Å². The van der Waals surface area contributed by atoms with Gasteiger partial charge in [0.15, 0.2) is 5.78 Å². The molecule has 0 saturated heterocycles. The van der Waals surface area contributed by atoms with Crippen LogP contribution in [0.3, 0.4) is 0 Å². The second-order valence-corrected chi connectivity index (χ2v) is 7.49. The molecule has 0 unspecified atom stereocenters. The van der Waals surface area contributed by atoms with Crippen LogP contribution in [0.25, 0.3) is 0 Å². The van der Waals surface area contributed by atoms with E-state index in [0.717, 1.165) is 32.1 Å². The SMILES string of the molecule is C[C@]12CCC3=C4CCC(=O)C=C4CC[C@@H]3[C@H]1CC[C@@H]2O. The molecule has 0 spiro atoms. The summed E-state index contributed by atoms with van der Waals surface area (Å²) in [7, 11) is 0. The molecule has 0 amide bonds. The lowest BCUT2D eigenvalue weighted by molar-refractivity contribution is -0.114. The minimum atomic E-state index is -0.0936. The van der Waals surface area contributed by atoms with Crippen LogP contribution < -0.4 is 0 Å². The van der Waals surface area contributed by atoms with Crippen LogP contribution >= 0.6 is 0 Å². The Labute approximate surface area is 120 Å². The highest BCUT2D eigenvalue weighted by atomic mass is 16.3. The Hall–Kier alpha value is -0.890. The quantitative estimate of drug-likeness (QED) is 0.732.